The Morgan fingerprint density at radius 3 is 1.08 bits per heavy atom. The van der Waals surface area contributed by atoms with Crippen molar-refractivity contribution in [2.45, 2.75) is 96.9 Å². The monoisotopic (exact) mass is 503 g/mol. The van der Waals surface area contributed by atoms with Crippen LogP contribution in [-0.2, 0) is 7.05 Å². The van der Waals surface area contributed by atoms with Crippen molar-refractivity contribution in [2.24, 2.45) is 7.05 Å². The van der Waals surface area contributed by atoms with E-state index in [1.807, 2.05) is 0 Å². The lowest BCUT2D eigenvalue weighted by molar-refractivity contribution is 0.995. The molecule has 198 valence electrons. The van der Waals surface area contributed by atoms with Crippen LogP contribution in [0.2, 0.25) is 0 Å². The van der Waals surface area contributed by atoms with Crippen LogP contribution in [0.3, 0.4) is 0 Å². The van der Waals surface area contributed by atoms with Gasteiger partial charge in [-0.05, 0) is 197 Å². The lowest BCUT2D eigenvalue weighted by atomic mass is 9.78. The van der Waals surface area contributed by atoms with Gasteiger partial charge in [-0.15, -0.1) is 0 Å². The van der Waals surface area contributed by atoms with Crippen molar-refractivity contribution in [3.05, 3.63) is 77.9 Å². The summed E-state index contributed by atoms with van der Waals surface area (Å²) < 4.78 is 2.48. The molecular weight excluding hydrogens is 458 g/mol. The van der Waals surface area contributed by atoms with Gasteiger partial charge in [-0.2, -0.15) is 0 Å². The second kappa shape index (κ2) is 8.47. The predicted octanol–water partition coefficient (Wildman–Crippen LogP) is 10.5. The summed E-state index contributed by atoms with van der Waals surface area (Å²) in [6, 6.07) is 0. The standard InChI is InChI=1S/C37H45N/c1-16-17(2)23(8)32-30(21(16)6)22(7)20(5)24(9)33(32)31-26(11)28(13)37-35(29(31)14)34-25(10)18(3)19(4)27(12)36(34)38(37)15/h1-15H3. The van der Waals surface area contributed by atoms with Crippen LogP contribution < -0.4 is 0 Å². The molecule has 0 unspecified atom stereocenters. The van der Waals surface area contributed by atoms with Gasteiger partial charge >= 0.3 is 0 Å². The molecule has 0 aliphatic heterocycles. The molecular formula is C37H45N. The van der Waals surface area contributed by atoms with Crippen LogP contribution in [0, 0.1) is 96.9 Å². The zero-order valence-electron chi connectivity index (χ0n) is 26.4. The Morgan fingerprint density at radius 2 is 0.579 bits per heavy atom. The quantitative estimate of drug-likeness (QED) is 0.214. The van der Waals surface area contributed by atoms with Crippen molar-refractivity contribution in [3.8, 4) is 11.1 Å². The molecule has 0 N–H and O–H groups in total. The van der Waals surface area contributed by atoms with Gasteiger partial charge < -0.3 is 4.57 Å². The van der Waals surface area contributed by atoms with Gasteiger partial charge in [0.1, 0.15) is 0 Å². The van der Waals surface area contributed by atoms with E-state index in [0.29, 0.717) is 0 Å². The van der Waals surface area contributed by atoms with Crippen LogP contribution in [-0.4, -0.2) is 4.57 Å². The summed E-state index contributed by atoms with van der Waals surface area (Å²) in [6.07, 6.45) is 0. The van der Waals surface area contributed by atoms with E-state index in [9.17, 15) is 0 Å². The molecule has 1 heterocycles. The van der Waals surface area contributed by atoms with Gasteiger partial charge in [-0.1, -0.05) is 0 Å². The number of hydrogen-bond acceptors (Lipinski definition) is 0. The highest BCUT2D eigenvalue weighted by Gasteiger charge is 2.26. The summed E-state index contributed by atoms with van der Waals surface area (Å²) in [4.78, 5) is 0. The molecule has 1 heteroatoms. The van der Waals surface area contributed by atoms with Gasteiger partial charge in [0.25, 0.3) is 0 Å². The van der Waals surface area contributed by atoms with Crippen LogP contribution >= 0.6 is 0 Å². The highest BCUT2D eigenvalue weighted by Crippen LogP contribution is 2.48. The topological polar surface area (TPSA) is 4.93 Å². The molecule has 0 saturated heterocycles. The van der Waals surface area contributed by atoms with Gasteiger partial charge in [0.05, 0.1) is 11.0 Å². The maximum absolute atomic E-state index is 2.48. The van der Waals surface area contributed by atoms with Gasteiger partial charge in [0.15, 0.2) is 0 Å². The van der Waals surface area contributed by atoms with Crippen LogP contribution in [0.5, 0.6) is 0 Å². The van der Waals surface area contributed by atoms with Crippen LogP contribution in [0.4, 0.5) is 0 Å². The van der Waals surface area contributed by atoms with Crippen LogP contribution in [0.15, 0.2) is 0 Å². The van der Waals surface area contributed by atoms with Gasteiger partial charge in [-0.3, -0.25) is 0 Å². The first kappa shape index (κ1) is 26.5. The van der Waals surface area contributed by atoms with Crippen molar-refractivity contribution in [2.75, 3.05) is 0 Å². The average Bonchev–Trinajstić information content (AvgIpc) is 3.19. The third kappa shape index (κ3) is 3.05. The fourth-order valence-electron chi connectivity index (χ4n) is 7.62. The highest BCUT2D eigenvalue weighted by atomic mass is 14.9. The summed E-state index contributed by atoms with van der Waals surface area (Å²) in [5.41, 5.74) is 25.6. The Kier molecular flexibility index (Phi) is 5.92. The smallest absolute Gasteiger partial charge is 0.0524 e. The Hall–Kier alpha value is -3.06. The van der Waals surface area contributed by atoms with E-state index >= 15 is 0 Å². The van der Waals surface area contributed by atoms with Crippen molar-refractivity contribution in [3.63, 3.8) is 0 Å². The fraction of sp³-hybridized carbons (Fsp3) is 0.405. The second-order valence-electron chi connectivity index (χ2n) is 12.3. The summed E-state index contributed by atoms with van der Waals surface area (Å²) >= 11 is 0. The minimum atomic E-state index is 1.39. The molecule has 5 aromatic rings. The van der Waals surface area contributed by atoms with Gasteiger partial charge in [0, 0.05) is 17.8 Å². The maximum atomic E-state index is 2.48. The molecule has 0 aliphatic rings. The minimum absolute atomic E-state index is 1.39. The normalized spacial score (nSPS) is 12.1. The molecule has 0 aliphatic carbocycles. The maximum Gasteiger partial charge on any atom is 0.0524 e. The number of hydrogen-bond donors (Lipinski definition) is 0. The Balaban J connectivity index is 2.15. The molecule has 1 nitrogen and oxygen atoms in total. The van der Waals surface area contributed by atoms with Crippen molar-refractivity contribution in [1.82, 2.24) is 4.57 Å². The van der Waals surface area contributed by atoms with Crippen molar-refractivity contribution >= 4 is 32.6 Å². The van der Waals surface area contributed by atoms with E-state index in [1.165, 1.54) is 122 Å². The lowest BCUT2D eigenvalue weighted by Gasteiger charge is -2.26. The fourth-order valence-corrected chi connectivity index (χ4v) is 7.62. The molecule has 0 radical (unpaired) electrons. The van der Waals surface area contributed by atoms with E-state index in [4.69, 9.17) is 0 Å². The summed E-state index contributed by atoms with van der Waals surface area (Å²) in [6.45, 7) is 32.6. The number of aromatic nitrogens is 1. The third-order valence-electron chi connectivity index (χ3n) is 10.9. The molecule has 1 aromatic heterocycles. The zero-order valence-corrected chi connectivity index (χ0v) is 26.4. The summed E-state index contributed by atoms with van der Waals surface area (Å²) in [5, 5.41) is 5.79. The molecule has 0 fully saturated rings. The first-order chi connectivity index (χ1) is 17.7. The van der Waals surface area contributed by atoms with Crippen molar-refractivity contribution in [1.29, 1.82) is 0 Å². The van der Waals surface area contributed by atoms with Crippen LogP contribution in [0.1, 0.15) is 77.9 Å². The second-order valence-corrected chi connectivity index (χ2v) is 12.3. The Morgan fingerprint density at radius 1 is 0.263 bits per heavy atom. The SMILES string of the molecule is Cc1c(C)c(C)c2c(-c3c(C)c(C)c4c(c3C)c3c(C)c(C)c(C)c(C)c3n4C)c(C)c(C)c(C)c2c1C. The first-order valence-corrected chi connectivity index (χ1v) is 14.1. The number of nitrogens with zero attached hydrogens (tertiary/aromatic N) is 1. The van der Waals surface area contributed by atoms with E-state index in [0.717, 1.165) is 0 Å². The average molecular weight is 504 g/mol. The molecule has 0 spiro atoms. The minimum Gasteiger partial charge on any atom is -0.343 e. The molecule has 0 amide bonds. The zero-order chi connectivity index (χ0) is 28.3. The van der Waals surface area contributed by atoms with Gasteiger partial charge in [-0.25, -0.2) is 0 Å². The largest absolute Gasteiger partial charge is 0.343 e. The molecule has 5 rings (SSSR count). The highest BCUT2D eigenvalue weighted by molar-refractivity contribution is 6.17. The number of fused-ring (bicyclic) bond motifs is 4. The van der Waals surface area contributed by atoms with E-state index in [-0.39, 0.29) is 0 Å². The summed E-state index contributed by atoms with van der Waals surface area (Å²) in [7, 11) is 2.27. The molecule has 0 bridgehead atoms. The Bertz CT molecular complexity index is 1880. The predicted molar refractivity (Wildman–Crippen MR) is 170 cm³/mol. The number of benzene rings is 4. The van der Waals surface area contributed by atoms with E-state index < -0.39 is 0 Å². The van der Waals surface area contributed by atoms with E-state index in [2.05, 4.69) is 109 Å². The van der Waals surface area contributed by atoms with E-state index in [1.54, 1.807) is 0 Å². The summed E-state index contributed by atoms with van der Waals surface area (Å²) in [5.74, 6) is 0. The number of rotatable bonds is 1. The lowest BCUT2D eigenvalue weighted by Crippen LogP contribution is -2.05. The molecule has 38 heavy (non-hydrogen) atoms. The molecule has 4 aromatic carbocycles. The van der Waals surface area contributed by atoms with Gasteiger partial charge in [0.2, 0.25) is 0 Å². The third-order valence-corrected chi connectivity index (χ3v) is 10.9. The molecule has 0 saturated carbocycles. The Labute approximate surface area is 229 Å². The molecule has 0 atom stereocenters. The first-order valence-electron chi connectivity index (χ1n) is 14.1. The van der Waals surface area contributed by atoms with Crippen LogP contribution in [0.25, 0.3) is 43.7 Å². The van der Waals surface area contributed by atoms with Crippen molar-refractivity contribution < 1.29 is 0 Å². The number of aryl methyl sites for hydroxylation is 8.